The zero-order valence-electron chi connectivity index (χ0n) is 12.6. The smallest absolute Gasteiger partial charge is 0.260 e. The Kier molecular flexibility index (Phi) is 5.82. The van der Waals surface area contributed by atoms with Crippen LogP contribution in [0.5, 0.6) is 11.5 Å². The molecule has 1 rings (SSSR count). The lowest BCUT2D eigenvalue weighted by Crippen LogP contribution is -2.40. The summed E-state index contributed by atoms with van der Waals surface area (Å²) in [6.45, 7) is 7.09. The maximum Gasteiger partial charge on any atom is 0.260 e. The lowest BCUT2D eigenvalue weighted by molar-refractivity contribution is -0.127. The van der Waals surface area contributed by atoms with Gasteiger partial charge in [0.15, 0.2) is 6.10 Å². The summed E-state index contributed by atoms with van der Waals surface area (Å²) >= 11 is 0. The molecule has 0 heterocycles. The van der Waals surface area contributed by atoms with E-state index in [1.165, 1.54) is 0 Å². The highest BCUT2D eigenvalue weighted by Gasteiger charge is 2.19. The second kappa shape index (κ2) is 7.14. The molecular weight excluding hydrogens is 258 g/mol. The van der Waals surface area contributed by atoms with Crippen LogP contribution in [-0.4, -0.2) is 30.3 Å². The number of carbonyl (C=O) groups excluding carboxylic acids is 1. The minimum Gasteiger partial charge on any atom is -0.497 e. The summed E-state index contributed by atoms with van der Waals surface area (Å²) in [6, 6.07) is 5.19. The standard InChI is InChI=1S/C15H23NO4/c1-9(2)16-15(18)11(4)20-14-8-12(19-5)6-7-13(14)10(3)17/h6-11,17H,1-5H3,(H,16,18)/t10-,11?/m1/s1. The zero-order chi connectivity index (χ0) is 15.3. The van der Waals surface area contributed by atoms with Crippen LogP contribution in [0.1, 0.15) is 39.4 Å². The van der Waals surface area contributed by atoms with Gasteiger partial charge in [0.2, 0.25) is 0 Å². The molecule has 0 aliphatic carbocycles. The summed E-state index contributed by atoms with van der Waals surface area (Å²) in [7, 11) is 1.55. The number of hydrogen-bond donors (Lipinski definition) is 2. The van der Waals surface area contributed by atoms with Gasteiger partial charge in [0, 0.05) is 17.7 Å². The Morgan fingerprint density at radius 3 is 2.40 bits per heavy atom. The van der Waals surface area contributed by atoms with Gasteiger partial charge in [-0.2, -0.15) is 0 Å². The molecule has 20 heavy (non-hydrogen) atoms. The fourth-order valence-corrected chi connectivity index (χ4v) is 1.73. The number of aliphatic hydroxyl groups is 1. The Bertz CT molecular complexity index is 457. The van der Waals surface area contributed by atoms with Crippen molar-refractivity contribution >= 4 is 5.91 Å². The number of rotatable bonds is 6. The summed E-state index contributed by atoms with van der Waals surface area (Å²) in [4.78, 5) is 11.9. The second-order valence-electron chi connectivity index (χ2n) is 5.00. The summed E-state index contributed by atoms with van der Waals surface area (Å²) in [5.74, 6) is 0.867. The van der Waals surface area contributed by atoms with Crippen molar-refractivity contribution in [3.63, 3.8) is 0 Å². The SMILES string of the molecule is COc1ccc([C@@H](C)O)c(OC(C)C(=O)NC(C)C)c1. The largest absolute Gasteiger partial charge is 0.497 e. The summed E-state index contributed by atoms with van der Waals surface area (Å²) in [5.41, 5.74) is 0.620. The number of methoxy groups -OCH3 is 1. The molecule has 1 aromatic rings. The van der Waals surface area contributed by atoms with E-state index < -0.39 is 12.2 Å². The van der Waals surface area contributed by atoms with E-state index in [9.17, 15) is 9.90 Å². The van der Waals surface area contributed by atoms with Crippen molar-refractivity contribution in [1.82, 2.24) is 5.32 Å². The first kappa shape index (κ1) is 16.3. The highest BCUT2D eigenvalue weighted by atomic mass is 16.5. The molecule has 2 atom stereocenters. The average Bonchev–Trinajstić information content (AvgIpc) is 2.37. The number of aliphatic hydroxyl groups excluding tert-OH is 1. The van der Waals surface area contributed by atoms with Crippen LogP contribution >= 0.6 is 0 Å². The normalized spacial score (nSPS) is 13.8. The van der Waals surface area contributed by atoms with E-state index in [1.807, 2.05) is 13.8 Å². The minimum absolute atomic E-state index is 0.0510. The lowest BCUT2D eigenvalue weighted by Gasteiger charge is -2.20. The van der Waals surface area contributed by atoms with Crippen molar-refractivity contribution in [2.75, 3.05) is 7.11 Å². The second-order valence-corrected chi connectivity index (χ2v) is 5.00. The molecule has 0 saturated heterocycles. The van der Waals surface area contributed by atoms with Gasteiger partial charge in [0.1, 0.15) is 11.5 Å². The molecule has 2 N–H and O–H groups in total. The van der Waals surface area contributed by atoms with Crippen molar-refractivity contribution in [2.45, 2.75) is 45.9 Å². The third kappa shape index (κ3) is 4.42. The van der Waals surface area contributed by atoms with E-state index in [0.717, 1.165) is 0 Å². The molecule has 1 aromatic carbocycles. The highest BCUT2D eigenvalue weighted by Crippen LogP contribution is 2.30. The molecule has 1 unspecified atom stereocenters. The first-order valence-corrected chi connectivity index (χ1v) is 6.68. The quantitative estimate of drug-likeness (QED) is 0.837. The number of carbonyl (C=O) groups is 1. The van der Waals surface area contributed by atoms with Crippen molar-refractivity contribution < 1.29 is 19.4 Å². The first-order valence-electron chi connectivity index (χ1n) is 6.68. The van der Waals surface area contributed by atoms with Crippen molar-refractivity contribution in [2.24, 2.45) is 0 Å². The van der Waals surface area contributed by atoms with Crippen molar-refractivity contribution in [3.8, 4) is 11.5 Å². The maximum absolute atomic E-state index is 11.9. The van der Waals surface area contributed by atoms with E-state index in [1.54, 1.807) is 39.2 Å². The molecule has 5 nitrogen and oxygen atoms in total. The Balaban J connectivity index is 2.91. The number of benzene rings is 1. The van der Waals surface area contributed by atoms with Crippen LogP contribution < -0.4 is 14.8 Å². The molecule has 0 aliphatic rings. The van der Waals surface area contributed by atoms with Gasteiger partial charge in [-0.1, -0.05) is 0 Å². The van der Waals surface area contributed by atoms with Crippen LogP contribution in [-0.2, 0) is 4.79 Å². The molecule has 1 amide bonds. The predicted octanol–water partition coefficient (Wildman–Crippen LogP) is 2.04. The minimum atomic E-state index is -0.684. The topological polar surface area (TPSA) is 67.8 Å². The van der Waals surface area contributed by atoms with E-state index >= 15 is 0 Å². The van der Waals surface area contributed by atoms with Gasteiger partial charge in [0.05, 0.1) is 13.2 Å². The van der Waals surface area contributed by atoms with Crippen LogP contribution in [0.3, 0.4) is 0 Å². The molecule has 0 spiro atoms. The fraction of sp³-hybridized carbons (Fsp3) is 0.533. The van der Waals surface area contributed by atoms with E-state index in [4.69, 9.17) is 9.47 Å². The van der Waals surface area contributed by atoms with Crippen LogP contribution in [0.25, 0.3) is 0 Å². The number of amides is 1. The Morgan fingerprint density at radius 1 is 1.25 bits per heavy atom. The van der Waals surface area contributed by atoms with Gasteiger partial charge in [0.25, 0.3) is 5.91 Å². The van der Waals surface area contributed by atoms with E-state index in [0.29, 0.717) is 17.1 Å². The van der Waals surface area contributed by atoms with Crippen LogP contribution in [0.15, 0.2) is 18.2 Å². The van der Waals surface area contributed by atoms with Gasteiger partial charge in [-0.05, 0) is 39.8 Å². The van der Waals surface area contributed by atoms with Crippen molar-refractivity contribution in [3.05, 3.63) is 23.8 Å². The van der Waals surface area contributed by atoms with E-state index in [2.05, 4.69) is 5.32 Å². The molecule has 112 valence electrons. The van der Waals surface area contributed by atoms with E-state index in [-0.39, 0.29) is 11.9 Å². The zero-order valence-corrected chi connectivity index (χ0v) is 12.6. The molecule has 5 heteroatoms. The third-order valence-corrected chi connectivity index (χ3v) is 2.77. The Labute approximate surface area is 119 Å². The van der Waals surface area contributed by atoms with Gasteiger partial charge < -0.3 is 19.9 Å². The average molecular weight is 281 g/mol. The molecule has 0 aromatic heterocycles. The number of ether oxygens (including phenoxy) is 2. The highest BCUT2D eigenvalue weighted by molar-refractivity contribution is 5.81. The number of hydrogen-bond acceptors (Lipinski definition) is 4. The van der Waals surface area contributed by atoms with Crippen LogP contribution in [0.2, 0.25) is 0 Å². The molecule has 0 aliphatic heterocycles. The fourth-order valence-electron chi connectivity index (χ4n) is 1.73. The van der Waals surface area contributed by atoms with Crippen LogP contribution in [0.4, 0.5) is 0 Å². The maximum atomic E-state index is 11.9. The molecular formula is C15H23NO4. The molecule has 0 fully saturated rings. The Morgan fingerprint density at radius 2 is 1.90 bits per heavy atom. The predicted molar refractivity (Wildman–Crippen MR) is 77.0 cm³/mol. The van der Waals surface area contributed by atoms with Gasteiger partial charge >= 0.3 is 0 Å². The van der Waals surface area contributed by atoms with Gasteiger partial charge in [-0.3, -0.25) is 4.79 Å². The molecule has 0 radical (unpaired) electrons. The van der Waals surface area contributed by atoms with Gasteiger partial charge in [-0.25, -0.2) is 0 Å². The molecule has 0 saturated carbocycles. The Hall–Kier alpha value is -1.75. The molecule has 0 bridgehead atoms. The summed E-state index contributed by atoms with van der Waals surface area (Å²) in [5, 5.41) is 12.5. The first-order chi connectivity index (χ1) is 9.35. The van der Waals surface area contributed by atoms with Crippen LogP contribution in [0, 0.1) is 0 Å². The third-order valence-electron chi connectivity index (χ3n) is 2.77. The summed E-state index contributed by atoms with van der Waals surface area (Å²) < 4.78 is 10.8. The van der Waals surface area contributed by atoms with Crippen molar-refractivity contribution in [1.29, 1.82) is 0 Å². The van der Waals surface area contributed by atoms with Gasteiger partial charge in [-0.15, -0.1) is 0 Å². The summed E-state index contributed by atoms with van der Waals surface area (Å²) in [6.07, 6.45) is -1.33. The lowest BCUT2D eigenvalue weighted by atomic mass is 10.1. The monoisotopic (exact) mass is 281 g/mol. The number of nitrogens with one attached hydrogen (secondary N) is 1.